The highest BCUT2D eigenvalue weighted by Gasteiger charge is 2.31. The second-order valence-corrected chi connectivity index (χ2v) is 4.48. The summed E-state index contributed by atoms with van der Waals surface area (Å²) >= 11 is 0. The van der Waals surface area contributed by atoms with E-state index in [-0.39, 0.29) is 12.3 Å². The molecule has 1 aliphatic rings. The van der Waals surface area contributed by atoms with Crippen LogP contribution in [0.5, 0.6) is 0 Å². The van der Waals surface area contributed by atoms with Crippen molar-refractivity contribution in [3.8, 4) is 0 Å². The van der Waals surface area contributed by atoms with Gasteiger partial charge in [-0.1, -0.05) is 6.07 Å². The average Bonchev–Trinajstić information content (AvgIpc) is 2.40. The van der Waals surface area contributed by atoms with Crippen LogP contribution in [0.15, 0.2) is 24.3 Å². The molecule has 6 nitrogen and oxygen atoms in total. The van der Waals surface area contributed by atoms with Crippen LogP contribution in [0.2, 0.25) is 0 Å². The fourth-order valence-electron chi connectivity index (χ4n) is 2.09. The van der Waals surface area contributed by atoms with Gasteiger partial charge in [0.05, 0.1) is 17.1 Å². The second-order valence-electron chi connectivity index (χ2n) is 4.48. The summed E-state index contributed by atoms with van der Waals surface area (Å²) in [7, 11) is 0. The van der Waals surface area contributed by atoms with Crippen LogP contribution in [0.1, 0.15) is 12.8 Å². The molecule has 0 aliphatic carbocycles. The SMILES string of the molecule is O=[N+]([O-])c1cccc(NC2(CO)CCOCC2)c1. The maximum Gasteiger partial charge on any atom is 0.271 e. The molecule has 98 valence electrons. The summed E-state index contributed by atoms with van der Waals surface area (Å²) in [6.45, 7) is 1.16. The Bertz CT molecular complexity index is 430. The number of non-ortho nitro benzene ring substituents is 1. The van der Waals surface area contributed by atoms with Crippen LogP contribution in [0.4, 0.5) is 11.4 Å². The zero-order chi connectivity index (χ0) is 13.0. The van der Waals surface area contributed by atoms with E-state index < -0.39 is 10.5 Å². The van der Waals surface area contributed by atoms with Gasteiger partial charge in [-0.15, -0.1) is 0 Å². The maximum absolute atomic E-state index is 10.7. The van der Waals surface area contributed by atoms with E-state index in [1.807, 2.05) is 0 Å². The lowest BCUT2D eigenvalue weighted by molar-refractivity contribution is -0.384. The van der Waals surface area contributed by atoms with Gasteiger partial charge in [-0.3, -0.25) is 10.1 Å². The van der Waals surface area contributed by atoms with Crippen molar-refractivity contribution in [1.29, 1.82) is 0 Å². The average molecular weight is 252 g/mol. The third kappa shape index (κ3) is 2.77. The molecule has 2 rings (SSSR count). The first-order chi connectivity index (χ1) is 8.65. The van der Waals surface area contributed by atoms with Gasteiger partial charge in [0.25, 0.3) is 5.69 Å². The number of hydrogen-bond donors (Lipinski definition) is 2. The van der Waals surface area contributed by atoms with Crippen LogP contribution in [0.25, 0.3) is 0 Å². The Morgan fingerprint density at radius 1 is 1.44 bits per heavy atom. The van der Waals surface area contributed by atoms with E-state index in [0.717, 1.165) is 0 Å². The van der Waals surface area contributed by atoms with Gasteiger partial charge in [-0.25, -0.2) is 0 Å². The molecule has 0 atom stereocenters. The molecule has 0 unspecified atom stereocenters. The first-order valence-electron chi connectivity index (χ1n) is 5.86. The minimum absolute atomic E-state index is 0.0148. The Balaban J connectivity index is 2.16. The molecule has 1 aromatic rings. The largest absolute Gasteiger partial charge is 0.394 e. The molecule has 0 bridgehead atoms. The number of ether oxygens (including phenoxy) is 1. The van der Waals surface area contributed by atoms with Gasteiger partial charge in [-0.2, -0.15) is 0 Å². The Kier molecular flexibility index (Phi) is 3.78. The summed E-state index contributed by atoms with van der Waals surface area (Å²) in [6, 6.07) is 6.32. The fraction of sp³-hybridized carbons (Fsp3) is 0.500. The van der Waals surface area contributed by atoms with E-state index in [2.05, 4.69) is 5.32 Å². The monoisotopic (exact) mass is 252 g/mol. The zero-order valence-electron chi connectivity index (χ0n) is 9.96. The molecule has 2 N–H and O–H groups in total. The first-order valence-corrected chi connectivity index (χ1v) is 5.86. The fourth-order valence-corrected chi connectivity index (χ4v) is 2.09. The van der Waals surface area contributed by atoms with Crippen LogP contribution < -0.4 is 5.32 Å². The lowest BCUT2D eigenvalue weighted by Gasteiger charge is -2.37. The first kappa shape index (κ1) is 12.8. The quantitative estimate of drug-likeness (QED) is 0.627. The number of benzene rings is 1. The van der Waals surface area contributed by atoms with Crippen molar-refractivity contribution in [1.82, 2.24) is 0 Å². The van der Waals surface area contributed by atoms with Gasteiger partial charge >= 0.3 is 0 Å². The van der Waals surface area contributed by atoms with Gasteiger partial charge in [0.1, 0.15) is 0 Å². The van der Waals surface area contributed by atoms with Gasteiger partial charge in [-0.05, 0) is 18.9 Å². The van der Waals surface area contributed by atoms with Crippen molar-refractivity contribution in [2.45, 2.75) is 18.4 Å². The van der Waals surface area contributed by atoms with Crippen molar-refractivity contribution < 1.29 is 14.8 Å². The summed E-state index contributed by atoms with van der Waals surface area (Å²) in [5, 5.41) is 23.4. The molecule has 6 heteroatoms. The van der Waals surface area contributed by atoms with Crippen LogP contribution in [-0.4, -0.2) is 35.4 Å². The summed E-state index contributed by atoms with van der Waals surface area (Å²) in [5.74, 6) is 0. The van der Waals surface area contributed by atoms with Gasteiger partial charge < -0.3 is 15.2 Å². The van der Waals surface area contributed by atoms with Crippen molar-refractivity contribution >= 4 is 11.4 Å². The Labute approximate surface area is 105 Å². The van der Waals surface area contributed by atoms with Crippen LogP contribution in [0.3, 0.4) is 0 Å². The summed E-state index contributed by atoms with van der Waals surface area (Å²) < 4.78 is 5.27. The van der Waals surface area contributed by atoms with Crippen molar-refractivity contribution in [2.75, 3.05) is 25.1 Å². The number of aliphatic hydroxyl groups excluding tert-OH is 1. The number of nitrogens with one attached hydrogen (secondary N) is 1. The van der Waals surface area contributed by atoms with Crippen molar-refractivity contribution in [3.05, 3.63) is 34.4 Å². The molecule has 0 saturated carbocycles. The molecule has 1 heterocycles. The highest BCUT2D eigenvalue weighted by Crippen LogP contribution is 2.27. The van der Waals surface area contributed by atoms with E-state index in [0.29, 0.717) is 31.7 Å². The molecule has 1 aliphatic heterocycles. The normalized spacial score (nSPS) is 18.3. The number of hydrogen-bond acceptors (Lipinski definition) is 5. The topological polar surface area (TPSA) is 84.6 Å². The van der Waals surface area contributed by atoms with Crippen molar-refractivity contribution in [2.24, 2.45) is 0 Å². The number of nitro groups is 1. The van der Waals surface area contributed by atoms with E-state index >= 15 is 0 Å². The van der Waals surface area contributed by atoms with Gasteiger partial charge in [0, 0.05) is 31.0 Å². The predicted molar refractivity (Wildman–Crippen MR) is 66.6 cm³/mol. The minimum atomic E-state index is -0.437. The number of anilines is 1. The molecule has 0 spiro atoms. The molecule has 1 aromatic carbocycles. The third-order valence-electron chi connectivity index (χ3n) is 3.22. The van der Waals surface area contributed by atoms with E-state index in [1.54, 1.807) is 12.1 Å². The lowest BCUT2D eigenvalue weighted by atomic mass is 9.90. The zero-order valence-corrected chi connectivity index (χ0v) is 9.96. The molecular formula is C12H16N2O4. The van der Waals surface area contributed by atoms with E-state index in [4.69, 9.17) is 4.74 Å². The number of nitro benzene ring substituents is 1. The number of rotatable bonds is 4. The number of nitrogens with zero attached hydrogens (tertiary/aromatic N) is 1. The van der Waals surface area contributed by atoms with Crippen molar-refractivity contribution in [3.63, 3.8) is 0 Å². The molecule has 0 aromatic heterocycles. The highest BCUT2D eigenvalue weighted by molar-refractivity contribution is 5.52. The van der Waals surface area contributed by atoms with Crippen LogP contribution in [0, 0.1) is 10.1 Å². The van der Waals surface area contributed by atoms with Crippen LogP contribution in [-0.2, 0) is 4.74 Å². The minimum Gasteiger partial charge on any atom is -0.394 e. The molecule has 18 heavy (non-hydrogen) atoms. The number of aliphatic hydroxyl groups is 1. The van der Waals surface area contributed by atoms with E-state index in [9.17, 15) is 15.2 Å². The maximum atomic E-state index is 10.7. The smallest absolute Gasteiger partial charge is 0.271 e. The summed E-state index contributed by atoms with van der Waals surface area (Å²) in [4.78, 5) is 10.3. The molecular weight excluding hydrogens is 236 g/mol. The lowest BCUT2D eigenvalue weighted by Crippen LogP contribution is -2.46. The molecule has 1 saturated heterocycles. The van der Waals surface area contributed by atoms with Gasteiger partial charge in [0.15, 0.2) is 0 Å². The molecule has 0 amide bonds. The van der Waals surface area contributed by atoms with E-state index in [1.165, 1.54) is 12.1 Å². The summed E-state index contributed by atoms with van der Waals surface area (Å²) in [6.07, 6.45) is 1.37. The molecule has 0 radical (unpaired) electrons. The Morgan fingerprint density at radius 3 is 2.78 bits per heavy atom. The highest BCUT2D eigenvalue weighted by atomic mass is 16.6. The standard InChI is InChI=1S/C12H16N2O4/c15-9-12(4-6-18-7-5-12)13-10-2-1-3-11(8-10)14(16)17/h1-3,8,13,15H,4-7,9H2. The van der Waals surface area contributed by atoms with Gasteiger partial charge in [0.2, 0.25) is 0 Å². The van der Waals surface area contributed by atoms with Crippen LogP contribution >= 0.6 is 0 Å². The predicted octanol–water partition coefficient (Wildman–Crippen LogP) is 1.55. The summed E-state index contributed by atoms with van der Waals surface area (Å²) in [5.41, 5.74) is 0.258. The second kappa shape index (κ2) is 5.32. The Morgan fingerprint density at radius 2 is 2.17 bits per heavy atom. The Hall–Kier alpha value is -1.66. The third-order valence-corrected chi connectivity index (χ3v) is 3.22. The molecule has 1 fully saturated rings.